The van der Waals surface area contributed by atoms with Gasteiger partial charge in [0.15, 0.2) is 0 Å². The molecule has 138 valence electrons. The third-order valence-corrected chi connectivity index (χ3v) is 4.57. The van der Waals surface area contributed by atoms with Gasteiger partial charge in [0, 0.05) is 29.7 Å². The first-order valence-electron chi connectivity index (χ1n) is 8.03. The molecule has 2 aromatic rings. The molecular formula is C18H22N4O3S. The maximum Gasteiger partial charge on any atom is 0.313 e. The van der Waals surface area contributed by atoms with Crippen molar-refractivity contribution in [2.45, 2.75) is 13.0 Å². The molecule has 1 aromatic heterocycles. The lowest BCUT2D eigenvalue weighted by atomic mass is 10.2. The number of benzene rings is 1. The smallest absolute Gasteiger partial charge is 0.313 e. The maximum atomic E-state index is 12.1. The van der Waals surface area contributed by atoms with E-state index >= 15 is 0 Å². The van der Waals surface area contributed by atoms with Gasteiger partial charge in [-0.25, -0.2) is 0 Å². The topological polar surface area (TPSA) is 90.5 Å². The molecule has 3 amide bonds. The van der Waals surface area contributed by atoms with Crippen molar-refractivity contribution < 1.29 is 14.4 Å². The summed E-state index contributed by atoms with van der Waals surface area (Å²) in [4.78, 5) is 38.4. The van der Waals surface area contributed by atoms with E-state index in [0.29, 0.717) is 17.9 Å². The van der Waals surface area contributed by atoms with Crippen LogP contribution in [0.4, 0.5) is 11.4 Å². The maximum absolute atomic E-state index is 12.1. The standard InChI is InChI=1S/C18H22N4O3S/c1-12(23)20-13-6-4-7-14(10-13)21-18(25)17(24)19-11-15(22(2)3)16-8-5-9-26-16/h4-10,15H,11H2,1-3H3,(H,19,24)(H,20,23)(H,21,25)/t15-/m0/s1. The molecule has 3 N–H and O–H groups in total. The van der Waals surface area contributed by atoms with Gasteiger partial charge in [-0.15, -0.1) is 11.3 Å². The van der Waals surface area contributed by atoms with Crippen LogP contribution in [0.3, 0.4) is 0 Å². The van der Waals surface area contributed by atoms with Gasteiger partial charge in [-0.05, 0) is 43.7 Å². The van der Waals surface area contributed by atoms with E-state index in [-0.39, 0.29) is 11.9 Å². The minimum atomic E-state index is -0.756. The predicted molar refractivity (Wildman–Crippen MR) is 103 cm³/mol. The van der Waals surface area contributed by atoms with Gasteiger partial charge in [0.05, 0.1) is 6.04 Å². The number of hydrogen-bond donors (Lipinski definition) is 3. The van der Waals surface area contributed by atoms with E-state index in [9.17, 15) is 14.4 Å². The van der Waals surface area contributed by atoms with E-state index < -0.39 is 11.8 Å². The molecule has 0 unspecified atom stereocenters. The van der Waals surface area contributed by atoms with E-state index in [2.05, 4.69) is 16.0 Å². The van der Waals surface area contributed by atoms with E-state index in [0.717, 1.165) is 4.88 Å². The SMILES string of the molecule is CC(=O)Nc1cccc(NC(=O)C(=O)NC[C@@H](c2cccs2)N(C)C)c1. The van der Waals surface area contributed by atoms with Crippen molar-refractivity contribution in [3.05, 3.63) is 46.7 Å². The molecular weight excluding hydrogens is 352 g/mol. The highest BCUT2D eigenvalue weighted by molar-refractivity contribution is 7.10. The molecule has 0 radical (unpaired) electrons. The van der Waals surface area contributed by atoms with Crippen molar-refractivity contribution in [3.63, 3.8) is 0 Å². The summed E-state index contributed by atoms with van der Waals surface area (Å²) in [5.74, 6) is -1.68. The number of nitrogens with zero attached hydrogens (tertiary/aromatic N) is 1. The first kappa shape index (κ1) is 19.6. The fourth-order valence-corrected chi connectivity index (χ4v) is 3.28. The van der Waals surface area contributed by atoms with Gasteiger partial charge in [0.1, 0.15) is 0 Å². The van der Waals surface area contributed by atoms with Crippen molar-refractivity contribution in [1.82, 2.24) is 10.2 Å². The minimum Gasteiger partial charge on any atom is -0.346 e. The fourth-order valence-electron chi connectivity index (χ4n) is 2.35. The van der Waals surface area contributed by atoms with E-state index in [1.165, 1.54) is 6.92 Å². The number of carbonyl (C=O) groups excluding carboxylic acids is 3. The van der Waals surface area contributed by atoms with Gasteiger partial charge < -0.3 is 20.9 Å². The molecule has 2 rings (SSSR count). The Kier molecular flexibility index (Phi) is 6.88. The summed E-state index contributed by atoms with van der Waals surface area (Å²) in [6, 6.07) is 10.5. The Morgan fingerprint density at radius 3 is 2.31 bits per heavy atom. The summed E-state index contributed by atoms with van der Waals surface area (Å²) in [5.41, 5.74) is 0.972. The Balaban J connectivity index is 1.93. The molecule has 0 bridgehead atoms. The number of thiophene rings is 1. The van der Waals surface area contributed by atoms with E-state index in [4.69, 9.17) is 0 Å². The average molecular weight is 374 g/mol. The number of nitrogens with one attached hydrogen (secondary N) is 3. The van der Waals surface area contributed by atoms with Crippen LogP contribution in [0.1, 0.15) is 17.8 Å². The second-order valence-corrected chi connectivity index (χ2v) is 6.90. The third-order valence-electron chi connectivity index (χ3n) is 3.60. The lowest BCUT2D eigenvalue weighted by Crippen LogP contribution is -2.40. The zero-order chi connectivity index (χ0) is 19.1. The molecule has 0 aliphatic carbocycles. The molecule has 7 nitrogen and oxygen atoms in total. The molecule has 0 aliphatic heterocycles. The highest BCUT2D eigenvalue weighted by atomic mass is 32.1. The third kappa shape index (κ3) is 5.68. The second-order valence-electron chi connectivity index (χ2n) is 5.92. The van der Waals surface area contributed by atoms with E-state index in [1.807, 2.05) is 36.5 Å². The summed E-state index contributed by atoms with van der Waals surface area (Å²) in [7, 11) is 3.84. The quantitative estimate of drug-likeness (QED) is 0.675. The lowest BCUT2D eigenvalue weighted by Gasteiger charge is -2.23. The average Bonchev–Trinajstić information content (AvgIpc) is 3.08. The normalized spacial score (nSPS) is 11.7. The zero-order valence-electron chi connectivity index (χ0n) is 14.9. The van der Waals surface area contributed by atoms with Gasteiger partial charge in [-0.2, -0.15) is 0 Å². The van der Waals surface area contributed by atoms with Crippen LogP contribution in [0.2, 0.25) is 0 Å². The zero-order valence-corrected chi connectivity index (χ0v) is 15.7. The fraction of sp³-hybridized carbons (Fsp3) is 0.278. The van der Waals surface area contributed by atoms with Crippen molar-refractivity contribution in [2.75, 3.05) is 31.3 Å². The molecule has 0 aliphatic rings. The van der Waals surface area contributed by atoms with Crippen molar-refractivity contribution >= 4 is 40.4 Å². The second kappa shape index (κ2) is 9.12. The van der Waals surface area contributed by atoms with E-state index in [1.54, 1.807) is 35.6 Å². The van der Waals surface area contributed by atoms with Crippen LogP contribution in [0.25, 0.3) is 0 Å². The molecule has 1 aromatic carbocycles. The lowest BCUT2D eigenvalue weighted by molar-refractivity contribution is -0.136. The Hall–Kier alpha value is -2.71. The van der Waals surface area contributed by atoms with Crippen LogP contribution in [0.5, 0.6) is 0 Å². The molecule has 8 heteroatoms. The number of likely N-dealkylation sites (N-methyl/N-ethyl adjacent to an activating group) is 1. The monoisotopic (exact) mass is 374 g/mol. The Labute approximate surface area is 156 Å². The summed E-state index contributed by atoms with van der Waals surface area (Å²) >= 11 is 1.60. The number of amides is 3. The van der Waals surface area contributed by atoms with Gasteiger partial charge in [0.2, 0.25) is 5.91 Å². The highest BCUT2D eigenvalue weighted by Crippen LogP contribution is 2.22. The number of anilines is 2. The number of hydrogen-bond acceptors (Lipinski definition) is 5. The Morgan fingerprint density at radius 2 is 1.73 bits per heavy atom. The van der Waals surface area contributed by atoms with Crippen LogP contribution < -0.4 is 16.0 Å². The summed E-state index contributed by atoms with van der Waals surface area (Å²) in [6.45, 7) is 1.72. The van der Waals surface area contributed by atoms with Crippen molar-refractivity contribution in [2.24, 2.45) is 0 Å². The summed E-state index contributed by atoms with van der Waals surface area (Å²) in [6.07, 6.45) is 0. The molecule has 26 heavy (non-hydrogen) atoms. The van der Waals surface area contributed by atoms with Crippen molar-refractivity contribution in [1.29, 1.82) is 0 Å². The first-order chi connectivity index (χ1) is 12.4. The molecule has 0 saturated carbocycles. The first-order valence-corrected chi connectivity index (χ1v) is 8.91. The van der Waals surface area contributed by atoms with Crippen LogP contribution in [0, 0.1) is 0 Å². The van der Waals surface area contributed by atoms with Crippen LogP contribution in [-0.4, -0.2) is 43.3 Å². The number of carbonyl (C=O) groups is 3. The highest BCUT2D eigenvalue weighted by Gasteiger charge is 2.19. The summed E-state index contributed by atoms with van der Waals surface area (Å²) in [5, 5.41) is 9.79. The van der Waals surface area contributed by atoms with Gasteiger partial charge in [0.25, 0.3) is 0 Å². The van der Waals surface area contributed by atoms with Gasteiger partial charge in [-0.1, -0.05) is 12.1 Å². The van der Waals surface area contributed by atoms with Crippen LogP contribution in [0.15, 0.2) is 41.8 Å². The van der Waals surface area contributed by atoms with Crippen LogP contribution >= 0.6 is 11.3 Å². The Bertz CT molecular complexity index is 775. The van der Waals surface area contributed by atoms with Gasteiger partial charge >= 0.3 is 11.8 Å². The minimum absolute atomic E-state index is 0.00477. The molecule has 0 fully saturated rings. The Morgan fingerprint density at radius 1 is 1.04 bits per heavy atom. The molecule has 1 atom stereocenters. The van der Waals surface area contributed by atoms with Gasteiger partial charge in [-0.3, -0.25) is 14.4 Å². The van der Waals surface area contributed by atoms with Crippen LogP contribution in [-0.2, 0) is 14.4 Å². The number of rotatable bonds is 6. The predicted octanol–water partition coefficient (Wildman–Crippen LogP) is 2.06. The molecule has 1 heterocycles. The molecule has 0 spiro atoms. The molecule has 0 saturated heterocycles. The summed E-state index contributed by atoms with van der Waals surface area (Å²) < 4.78 is 0. The largest absolute Gasteiger partial charge is 0.346 e. The van der Waals surface area contributed by atoms with Crippen molar-refractivity contribution in [3.8, 4) is 0 Å².